The highest BCUT2D eigenvalue weighted by molar-refractivity contribution is 6.30. The Hall–Kier alpha value is -1.59. The SMILES string of the molecule is CCC(NCC(=O)N1CCC(C(=O)N2CCCC(C)C2)CC1)c1ccc(Cl)cc1. The first-order valence-electron chi connectivity index (χ1n) is 11.0. The molecule has 6 heteroatoms. The van der Waals surface area contributed by atoms with Crippen molar-refractivity contribution in [2.75, 3.05) is 32.7 Å². The molecule has 2 aliphatic rings. The van der Waals surface area contributed by atoms with Gasteiger partial charge in [-0.05, 0) is 55.7 Å². The molecule has 0 radical (unpaired) electrons. The molecule has 2 aliphatic heterocycles. The minimum Gasteiger partial charge on any atom is -0.342 e. The summed E-state index contributed by atoms with van der Waals surface area (Å²) in [7, 11) is 0. The standard InChI is InChI=1S/C23H34ClN3O2/c1-3-21(18-6-8-20(24)9-7-18)25-15-22(28)26-13-10-19(11-14-26)23(29)27-12-4-5-17(2)16-27/h6-9,17,19,21,25H,3-5,10-16H2,1-2H3. The number of benzene rings is 1. The summed E-state index contributed by atoms with van der Waals surface area (Å²) in [6, 6.07) is 7.91. The topological polar surface area (TPSA) is 52.7 Å². The first-order valence-corrected chi connectivity index (χ1v) is 11.4. The van der Waals surface area contributed by atoms with Gasteiger partial charge < -0.3 is 15.1 Å². The van der Waals surface area contributed by atoms with E-state index in [2.05, 4.69) is 24.1 Å². The fourth-order valence-corrected chi connectivity index (χ4v) is 4.66. The third-order valence-corrected chi connectivity index (χ3v) is 6.60. The van der Waals surface area contributed by atoms with Crippen LogP contribution in [0.25, 0.3) is 0 Å². The Kier molecular flexibility index (Phi) is 7.96. The summed E-state index contributed by atoms with van der Waals surface area (Å²) in [5, 5.41) is 4.10. The van der Waals surface area contributed by atoms with Gasteiger partial charge in [0.2, 0.25) is 11.8 Å². The summed E-state index contributed by atoms with van der Waals surface area (Å²) in [5.74, 6) is 1.10. The van der Waals surface area contributed by atoms with Gasteiger partial charge in [0.15, 0.2) is 0 Å². The maximum absolute atomic E-state index is 12.8. The number of halogens is 1. The van der Waals surface area contributed by atoms with Crippen LogP contribution in [0, 0.1) is 11.8 Å². The monoisotopic (exact) mass is 419 g/mol. The van der Waals surface area contributed by atoms with E-state index >= 15 is 0 Å². The van der Waals surface area contributed by atoms with E-state index < -0.39 is 0 Å². The molecule has 29 heavy (non-hydrogen) atoms. The van der Waals surface area contributed by atoms with Crippen LogP contribution in [0.15, 0.2) is 24.3 Å². The van der Waals surface area contributed by atoms with Crippen molar-refractivity contribution in [3.63, 3.8) is 0 Å². The van der Waals surface area contributed by atoms with Crippen LogP contribution in [0.3, 0.4) is 0 Å². The molecule has 1 N–H and O–H groups in total. The third kappa shape index (κ3) is 5.95. The molecular formula is C23H34ClN3O2. The molecule has 2 atom stereocenters. The lowest BCUT2D eigenvalue weighted by Crippen LogP contribution is -2.48. The summed E-state index contributed by atoms with van der Waals surface area (Å²) in [6.45, 7) is 7.80. The highest BCUT2D eigenvalue weighted by Crippen LogP contribution is 2.24. The molecule has 1 aromatic carbocycles. The van der Waals surface area contributed by atoms with Crippen molar-refractivity contribution in [1.29, 1.82) is 0 Å². The molecule has 2 saturated heterocycles. The summed E-state index contributed by atoms with van der Waals surface area (Å²) < 4.78 is 0. The van der Waals surface area contributed by atoms with Crippen LogP contribution in [0.1, 0.15) is 57.6 Å². The average molecular weight is 420 g/mol. The van der Waals surface area contributed by atoms with Gasteiger partial charge in [-0.15, -0.1) is 0 Å². The van der Waals surface area contributed by atoms with Gasteiger partial charge in [0, 0.05) is 43.2 Å². The van der Waals surface area contributed by atoms with Crippen molar-refractivity contribution in [2.24, 2.45) is 11.8 Å². The van der Waals surface area contributed by atoms with Crippen molar-refractivity contribution in [3.8, 4) is 0 Å². The van der Waals surface area contributed by atoms with E-state index in [1.54, 1.807) is 0 Å². The van der Waals surface area contributed by atoms with Crippen LogP contribution in [-0.4, -0.2) is 54.3 Å². The first-order chi connectivity index (χ1) is 14.0. The van der Waals surface area contributed by atoms with Crippen molar-refractivity contribution >= 4 is 23.4 Å². The van der Waals surface area contributed by atoms with Crippen molar-refractivity contribution in [2.45, 2.75) is 52.0 Å². The summed E-state index contributed by atoms with van der Waals surface area (Å²) in [6.07, 6.45) is 4.80. The van der Waals surface area contributed by atoms with E-state index in [-0.39, 0.29) is 17.9 Å². The summed E-state index contributed by atoms with van der Waals surface area (Å²) >= 11 is 5.97. The van der Waals surface area contributed by atoms with E-state index in [1.165, 1.54) is 6.42 Å². The maximum atomic E-state index is 12.8. The fourth-order valence-electron chi connectivity index (χ4n) is 4.54. The van der Waals surface area contributed by atoms with E-state index in [9.17, 15) is 9.59 Å². The second kappa shape index (κ2) is 10.4. The molecule has 1 aromatic rings. The van der Waals surface area contributed by atoms with E-state index in [0.717, 1.165) is 49.4 Å². The first kappa shape index (κ1) is 22.1. The number of amides is 2. The minimum atomic E-state index is 0.0785. The van der Waals surface area contributed by atoms with Crippen molar-refractivity contribution < 1.29 is 9.59 Å². The number of nitrogens with one attached hydrogen (secondary N) is 1. The Balaban J connectivity index is 1.44. The molecule has 2 unspecified atom stereocenters. The molecule has 2 heterocycles. The predicted octanol–water partition coefficient (Wildman–Crippen LogP) is 3.88. The number of nitrogens with zero attached hydrogens (tertiary/aromatic N) is 2. The van der Waals surface area contributed by atoms with Gasteiger partial charge in [0.05, 0.1) is 6.54 Å². The number of likely N-dealkylation sites (tertiary alicyclic amines) is 2. The zero-order chi connectivity index (χ0) is 20.8. The molecule has 0 aliphatic carbocycles. The van der Waals surface area contributed by atoms with E-state index in [4.69, 9.17) is 11.6 Å². The third-order valence-electron chi connectivity index (χ3n) is 6.35. The molecule has 0 bridgehead atoms. The average Bonchev–Trinajstić information content (AvgIpc) is 2.74. The predicted molar refractivity (Wildman–Crippen MR) is 117 cm³/mol. The molecule has 2 fully saturated rings. The van der Waals surface area contributed by atoms with Gasteiger partial charge in [-0.25, -0.2) is 0 Å². The van der Waals surface area contributed by atoms with Gasteiger partial charge >= 0.3 is 0 Å². The lowest BCUT2D eigenvalue weighted by molar-refractivity contribution is -0.141. The molecule has 2 amide bonds. The number of hydrogen-bond acceptors (Lipinski definition) is 3. The van der Waals surface area contributed by atoms with Crippen LogP contribution < -0.4 is 5.32 Å². The smallest absolute Gasteiger partial charge is 0.236 e. The van der Waals surface area contributed by atoms with Gasteiger partial charge in [0.1, 0.15) is 0 Å². The zero-order valence-corrected chi connectivity index (χ0v) is 18.5. The molecule has 160 valence electrons. The van der Waals surface area contributed by atoms with Gasteiger partial charge in [-0.3, -0.25) is 9.59 Å². The van der Waals surface area contributed by atoms with Crippen LogP contribution >= 0.6 is 11.6 Å². The quantitative estimate of drug-likeness (QED) is 0.761. The van der Waals surface area contributed by atoms with Gasteiger partial charge in [0.25, 0.3) is 0 Å². The number of hydrogen-bond donors (Lipinski definition) is 1. The Morgan fingerprint density at radius 1 is 1.10 bits per heavy atom. The molecule has 3 rings (SSSR count). The van der Waals surface area contributed by atoms with Crippen molar-refractivity contribution in [1.82, 2.24) is 15.1 Å². The molecule has 0 aromatic heterocycles. The minimum absolute atomic E-state index is 0.0785. The highest BCUT2D eigenvalue weighted by atomic mass is 35.5. The van der Waals surface area contributed by atoms with E-state index in [0.29, 0.717) is 31.5 Å². The van der Waals surface area contributed by atoms with Gasteiger partial charge in [-0.1, -0.05) is 37.6 Å². The highest BCUT2D eigenvalue weighted by Gasteiger charge is 2.31. The normalized spacial score (nSPS) is 21.8. The Labute approximate surface area is 179 Å². The number of piperidine rings is 2. The van der Waals surface area contributed by atoms with Gasteiger partial charge in [-0.2, -0.15) is 0 Å². The Morgan fingerprint density at radius 3 is 2.41 bits per heavy atom. The summed E-state index contributed by atoms with van der Waals surface area (Å²) in [5.41, 5.74) is 1.14. The maximum Gasteiger partial charge on any atom is 0.236 e. The second-order valence-electron chi connectivity index (χ2n) is 8.58. The van der Waals surface area contributed by atoms with Crippen LogP contribution in [0.5, 0.6) is 0 Å². The van der Waals surface area contributed by atoms with E-state index in [1.807, 2.05) is 29.2 Å². The zero-order valence-electron chi connectivity index (χ0n) is 17.7. The van der Waals surface area contributed by atoms with Crippen molar-refractivity contribution in [3.05, 3.63) is 34.9 Å². The number of carbonyl (C=O) groups is 2. The molecular weight excluding hydrogens is 386 g/mol. The molecule has 0 saturated carbocycles. The lowest BCUT2D eigenvalue weighted by Gasteiger charge is -2.37. The van der Waals surface area contributed by atoms with Crippen LogP contribution in [0.4, 0.5) is 0 Å². The molecule has 0 spiro atoms. The fraction of sp³-hybridized carbons (Fsp3) is 0.652. The Bertz CT molecular complexity index is 686. The Morgan fingerprint density at radius 2 is 1.79 bits per heavy atom. The number of carbonyl (C=O) groups excluding carboxylic acids is 2. The molecule has 5 nitrogen and oxygen atoms in total. The summed E-state index contributed by atoms with van der Waals surface area (Å²) in [4.78, 5) is 29.4. The largest absolute Gasteiger partial charge is 0.342 e. The van der Waals surface area contributed by atoms with Crippen LogP contribution in [0.2, 0.25) is 5.02 Å². The number of rotatable bonds is 6. The lowest BCUT2D eigenvalue weighted by atomic mass is 9.92. The second-order valence-corrected chi connectivity index (χ2v) is 9.02. The van der Waals surface area contributed by atoms with Crippen LogP contribution in [-0.2, 0) is 9.59 Å².